The molecule has 0 aliphatic carbocycles. The molecule has 1 fully saturated rings. The number of hydrogen-bond acceptors (Lipinski definition) is 6. The van der Waals surface area contributed by atoms with E-state index in [1.807, 2.05) is 61.2 Å². The minimum atomic E-state index is -0.398. The Morgan fingerprint density at radius 2 is 1.89 bits per heavy atom. The smallest absolute Gasteiger partial charge is 0.270 e. The third-order valence-electron chi connectivity index (χ3n) is 7.12. The lowest BCUT2D eigenvalue weighted by Crippen LogP contribution is -2.45. The van der Waals surface area contributed by atoms with Gasteiger partial charge in [0.2, 0.25) is 5.91 Å². The number of rotatable bonds is 7. The van der Waals surface area contributed by atoms with Gasteiger partial charge < -0.3 is 14.2 Å². The van der Waals surface area contributed by atoms with E-state index >= 15 is 0 Å². The number of fused-ring (bicyclic) bond motifs is 3. The van der Waals surface area contributed by atoms with Crippen LogP contribution in [0.5, 0.6) is 0 Å². The average molecular weight is 499 g/mol. The normalized spacial score (nSPS) is 16.1. The Hall–Kier alpha value is -4.20. The molecule has 8 heteroatoms. The first kappa shape index (κ1) is 24.5. The van der Waals surface area contributed by atoms with Crippen molar-refractivity contribution in [1.82, 2.24) is 4.90 Å². The Kier molecular flexibility index (Phi) is 6.90. The molecule has 190 valence electrons. The molecule has 2 heterocycles. The van der Waals surface area contributed by atoms with Gasteiger partial charge in [-0.15, -0.1) is 0 Å². The van der Waals surface area contributed by atoms with Crippen molar-refractivity contribution >= 4 is 51.1 Å². The Morgan fingerprint density at radius 1 is 1.11 bits per heavy atom. The van der Waals surface area contributed by atoms with E-state index in [4.69, 9.17) is 4.42 Å². The summed E-state index contributed by atoms with van der Waals surface area (Å²) in [5.41, 5.74) is 3.75. The zero-order valence-corrected chi connectivity index (χ0v) is 21.1. The predicted molar refractivity (Wildman–Crippen MR) is 147 cm³/mol. The van der Waals surface area contributed by atoms with Gasteiger partial charge in [0.05, 0.1) is 16.5 Å². The molecular formula is C29H30N4O4. The van der Waals surface area contributed by atoms with E-state index in [1.165, 1.54) is 6.07 Å². The van der Waals surface area contributed by atoms with Gasteiger partial charge >= 0.3 is 0 Å². The molecule has 0 bridgehead atoms. The Labute approximate surface area is 215 Å². The number of furan rings is 1. The van der Waals surface area contributed by atoms with E-state index in [1.54, 1.807) is 18.3 Å². The number of aliphatic imine (C=N–C) groups is 1. The molecule has 0 saturated carbocycles. The number of piperidine rings is 1. The minimum absolute atomic E-state index is 0.00529. The molecule has 0 spiro atoms. The molecule has 1 aromatic heterocycles. The molecule has 4 aromatic rings. The van der Waals surface area contributed by atoms with Gasteiger partial charge in [0.15, 0.2) is 0 Å². The first-order valence-electron chi connectivity index (χ1n) is 12.8. The van der Waals surface area contributed by atoms with E-state index < -0.39 is 4.92 Å². The number of nitro groups is 1. The first-order valence-corrected chi connectivity index (χ1v) is 12.8. The second kappa shape index (κ2) is 10.4. The number of carbonyl (C=O) groups is 1. The van der Waals surface area contributed by atoms with Crippen LogP contribution in [0, 0.1) is 16.0 Å². The van der Waals surface area contributed by atoms with E-state index in [-0.39, 0.29) is 17.5 Å². The van der Waals surface area contributed by atoms with Gasteiger partial charge in [-0.25, -0.2) is 0 Å². The highest BCUT2D eigenvalue weighted by atomic mass is 16.6. The second-order valence-electron chi connectivity index (χ2n) is 9.33. The van der Waals surface area contributed by atoms with Crippen molar-refractivity contribution < 1.29 is 14.1 Å². The summed E-state index contributed by atoms with van der Waals surface area (Å²) < 4.78 is 5.98. The van der Waals surface area contributed by atoms with Crippen LogP contribution in [0.2, 0.25) is 0 Å². The van der Waals surface area contributed by atoms with Crippen LogP contribution in [0.1, 0.15) is 32.3 Å². The van der Waals surface area contributed by atoms with Crippen LogP contribution in [0.25, 0.3) is 21.9 Å². The van der Waals surface area contributed by atoms with E-state index in [0.29, 0.717) is 30.9 Å². The lowest BCUT2D eigenvalue weighted by Gasteiger charge is -2.36. The summed E-state index contributed by atoms with van der Waals surface area (Å²) in [7, 11) is 0. The number of non-ortho nitro benzene ring substituents is 1. The van der Waals surface area contributed by atoms with Crippen LogP contribution in [-0.2, 0) is 4.79 Å². The number of benzene rings is 3. The third-order valence-corrected chi connectivity index (χ3v) is 7.12. The molecule has 1 aliphatic heterocycles. The predicted octanol–water partition coefficient (Wildman–Crippen LogP) is 6.33. The van der Waals surface area contributed by atoms with Crippen molar-refractivity contribution in [2.75, 3.05) is 31.1 Å². The summed E-state index contributed by atoms with van der Waals surface area (Å²) in [4.78, 5) is 32.8. The number of carbonyl (C=O) groups excluding carboxylic acids is 1. The van der Waals surface area contributed by atoms with E-state index in [0.717, 1.165) is 47.0 Å². The summed E-state index contributed by atoms with van der Waals surface area (Å²) >= 11 is 0. The van der Waals surface area contributed by atoms with Gasteiger partial charge in [0.1, 0.15) is 11.2 Å². The van der Waals surface area contributed by atoms with Crippen molar-refractivity contribution in [3.05, 3.63) is 76.3 Å². The van der Waals surface area contributed by atoms with Crippen LogP contribution in [-0.4, -0.2) is 48.1 Å². The SMILES string of the molecule is CCN(CC)C(=O)[C@@H]1CCCN(c2ccc([N+](=O)[O-])cc2C=Nc2ccc3c(c2)oc2ccccc23)C1. The zero-order valence-electron chi connectivity index (χ0n) is 21.1. The summed E-state index contributed by atoms with van der Waals surface area (Å²) in [6.07, 6.45) is 3.40. The number of nitrogens with zero attached hydrogens (tertiary/aromatic N) is 4. The van der Waals surface area contributed by atoms with Gasteiger partial charge in [-0.2, -0.15) is 0 Å². The lowest BCUT2D eigenvalue weighted by molar-refractivity contribution is -0.384. The van der Waals surface area contributed by atoms with Crippen LogP contribution in [0.15, 0.2) is 70.1 Å². The van der Waals surface area contributed by atoms with Crippen molar-refractivity contribution in [2.24, 2.45) is 10.9 Å². The monoisotopic (exact) mass is 498 g/mol. The Bertz CT molecular complexity index is 1490. The zero-order chi connectivity index (χ0) is 25.9. The third kappa shape index (κ3) is 4.91. The minimum Gasteiger partial charge on any atom is -0.456 e. The van der Waals surface area contributed by atoms with E-state index in [2.05, 4.69) is 9.89 Å². The van der Waals surface area contributed by atoms with Crippen molar-refractivity contribution in [2.45, 2.75) is 26.7 Å². The molecule has 37 heavy (non-hydrogen) atoms. The molecule has 8 nitrogen and oxygen atoms in total. The van der Waals surface area contributed by atoms with Gasteiger partial charge in [0, 0.05) is 72.6 Å². The molecule has 1 atom stereocenters. The molecular weight excluding hydrogens is 468 g/mol. The van der Waals surface area contributed by atoms with E-state index in [9.17, 15) is 14.9 Å². The van der Waals surface area contributed by atoms with Crippen molar-refractivity contribution in [3.63, 3.8) is 0 Å². The highest BCUT2D eigenvalue weighted by Crippen LogP contribution is 2.32. The fourth-order valence-corrected chi connectivity index (χ4v) is 5.18. The number of amides is 1. The lowest BCUT2D eigenvalue weighted by atomic mass is 9.95. The first-order chi connectivity index (χ1) is 18.0. The largest absolute Gasteiger partial charge is 0.456 e. The van der Waals surface area contributed by atoms with Gasteiger partial charge in [0.25, 0.3) is 5.69 Å². The fourth-order valence-electron chi connectivity index (χ4n) is 5.18. The summed E-state index contributed by atoms with van der Waals surface area (Å²) in [5.74, 6) is 0.0788. The Morgan fingerprint density at radius 3 is 2.68 bits per heavy atom. The van der Waals surface area contributed by atoms with Crippen molar-refractivity contribution in [1.29, 1.82) is 0 Å². The molecule has 0 radical (unpaired) electrons. The maximum atomic E-state index is 13.0. The molecule has 1 amide bonds. The van der Waals surface area contributed by atoms with Crippen LogP contribution >= 0.6 is 0 Å². The van der Waals surface area contributed by atoms with Crippen LogP contribution in [0.4, 0.5) is 17.1 Å². The summed E-state index contributed by atoms with van der Waals surface area (Å²) in [6.45, 7) is 6.74. The maximum Gasteiger partial charge on any atom is 0.270 e. The van der Waals surface area contributed by atoms with Gasteiger partial charge in [-0.3, -0.25) is 19.9 Å². The van der Waals surface area contributed by atoms with Gasteiger partial charge in [-0.05, 0) is 51.0 Å². The number of para-hydroxylation sites is 1. The summed E-state index contributed by atoms with van der Waals surface area (Å²) in [5, 5.41) is 13.6. The molecule has 0 unspecified atom stereocenters. The molecule has 0 N–H and O–H groups in total. The maximum absolute atomic E-state index is 13.0. The van der Waals surface area contributed by atoms with Gasteiger partial charge in [-0.1, -0.05) is 18.2 Å². The van der Waals surface area contributed by atoms with Crippen LogP contribution < -0.4 is 4.90 Å². The molecule has 1 saturated heterocycles. The van der Waals surface area contributed by atoms with Crippen LogP contribution in [0.3, 0.4) is 0 Å². The Balaban J connectivity index is 1.46. The number of hydrogen-bond donors (Lipinski definition) is 0. The standard InChI is InChI=1S/C29H30N4O4/c1-3-31(4-2)29(34)20-8-7-15-32(19-20)26-14-12-23(33(35)36)16-21(26)18-30-22-11-13-25-24-9-5-6-10-27(24)37-28(25)17-22/h5-6,9-14,16-18,20H,3-4,7-8,15,19H2,1-2H3/t20-/m1/s1. The highest BCUT2D eigenvalue weighted by molar-refractivity contribution is 6.05. The molecule has 3 aromatic carbocycles. The fraction of sp³-hybridized carbons (Fsp3) is 0.310. The quantitative estimate of drug-likeness (QED) is 0.169. The van der Waals surface area contributed by atoms with Crippen molar-refractivity contribution in [3.8, 4) is 0 Å². The highest BCUT2D eigenvalue weighted by Gasteiger charge is 2.29. The number of anilines is 1. The molecule has 5 rings (SSSR count). The average Bonchev–Trinajstić information content (AvgIpc) is 3.30. The number of nitro benzene ring substituents is 1. The topological polar surface area (TPSA) is 92.2 Å². The second-order valence-corrected chi connectivity index (χ2v) is 9.33. The summed E-state index contributed by atoms with van der Waals surface area (Å²) in [6, 6.07) is 18.5. The molecule has 1 aliphatic rings.